The number of hydrogen-bond acceptors (Lipinski definition) is 8. The van der Waals surface area contributed by atoms with Crippen LogP contribution in [-0.4, -0.2) is 58.2 Å². The molecule has 0 atom stereocenters. The average Bonchev–Trinajstić information content (AvgIpc) is 2.80. The molecular weight excluding hydrogens is 422 g/mol. The second-order valence-electron chi connectivity index (χ2n) is 6.26. The predicted octanol–water partition coefficient (Wildman–Crippen LogP) is 0.723. The van der Waals surface area contributed by atoms with Crippen molar-refractivity contribution in [3.05, 3.63) is 47.5 Å². The molecular formula is C21H23N3O8. The minimum absolute atomic E-state index is 0.120. The Morgan fingerprint density at radius 2 is 1.56 bits per heavy atom. The first kappa shape index (κ1) is 24.0. The van der Waals surface area contributed by atoms with Gasteiger partial charge in [0.05, 0.1) is 21.3 Å². The minimum atomic E-state index is -0.688. The lowest BCUT2D eigenvalue weighted by molar-refractivity contribution is -0.139. The minimum Gasteiger partial charge on any atom is -0.493 e. The van der Waals surface area contributed by atoms with Gasteiger partial charge in [-0.2, -0.15) is 0 Å². The molecule has 0 saturated heterocycles. The number of amides is 3. The maximum absolute atomic E-state index is 12.8. The molecule has 32 heavy (non-hydrogen) atoms. The molecule has 0 aliphatic carbocycles. The third-order valence-corrected chi connectivity index (χ3v) is 4.09. The molecule has 2 aromatic carbocycles. The zero-order chi connectivity index (χ0) is 23.7. The summed E-state index contributed by atoms with van der Waals surface area (Å²) in [6.07, 6.45) is 0. The molecule has 0 radical (unpaired) electrons. The van der Waals surface area contributed by atoms with E-state index in [0.717, 1.165) is 0 Å². The highest BCUT2D eigenvalue weighted by molar-refractivity contribution is 6.06. The molecule has 170 valence electrons. The zero-order valence-corrected chi connectivity index (χ0v) is 17.7. The first-order valence-electron chi connectivity index (χ1n) is 9.22. The Labute approximate surface area is 183 Å². The number of primary amides is 1. The Morgan fingerprint density at radius 3 is 2.12 bits per heavy atom. The summed E-state index contributed by atoms with van der Waals surface area (Å²) in [7, 11) is 3.94. The topological polar surface area (TPSA) is 155 Å². The number of nitrogens with two attached hydrogens (primary N) is 1. The van der Waals surface area contributed by atoms with Crippen molar-refractivity contribution in [2.75, 3.05) is 39.8 Å². The summed E-state index contributed by atoms with van der Waals surface area (Å²) in [6, 6.07) is 8.95. The highest BCUT2D eigenvalue weighted by atomic mass is 16.5. The van der Waals surface area contributed by atoms with Gasteiger partial charge < -0.3 is 35.3 Å². The lowest BCUT2D eigenvalue weighted by Crippen LogP contribution is -2.30. The third-order valence-electron chi connectivity index (χ3n) is 4.09. The number of hydrogen-bond donors (Lipinski definition) is 3. The molecule has 0 aromatic heterocycles. The van der Waals surface area contributed by atoms with Gasteiger partial charge in [0.1, 0.15) is 6.54 Å². The lowest BCUT2D eigenvalue weighted by atomic mass is 10.1. The monoisotopic (exact) mass is 445 g/mol. The fourth-order valence-electron chi connectivity index (χ4n) is 2.56. The number of methoxy groups -OCH3 is 3. The number of ether oxygens (including phenoxy) is 4. The molecule has 3 amide bonds. The standard InChI is InChI=1S/C21H23N3O8/c1-29-15-8-13(9-16(30-2)19(15)32-11-17(22)25)21(28)24-14-6-4-5-12(7-14)20(27)23-10-18(26)31-3/h4-9H,10-11H2,1-3H3,(H2,22,25)(H,23,27)(H,24,28). The van der Waals surface area contributed by atoms with Crippen molar-refractivity contribution in [3.63, 3.8) is 0 Å². The van der Waals surface area contributed by atoms with Crippen molar-refractivity contribution >= 4 is 29.4 Å². The van der Waals surface area contributed by atoms with E-state index < -0.39 is 30.3 Å². The van der Waals surface area contributed by atoms with Crippen LogP contribution in [0.15, 0.2) is 36.4 Å². The lowest BCUT2D eigenvalue weighted by Gasteiger charge is -2.15. The first-order chi connectivity index (χ1) is 15.3. The second kappa shape index (κ2) is 11.2. The summed E-state index contributed by atoms with van der Waals surface area (Å²) in [5.74, 6) is -1.87. The summed E-state index contributed by atoms with van der Waals surface area (Å²) in [6.45, 7) is -0.682. The molecule has 0 fully saturated rings. The van der Waals surface area contributed by atoms with Gasteiger partial charge in [-0.15, -0.1) is 0 Å². The summed E-state index contributed by atoms with van der Waals surface area (Å²) in [5.41, 5.74) is 5.85. The van der Waals surface area contributed by atoms with Gasteiger partial charge in [-0.25, -0.2) is 0 Å². The van der Waals surface area contributed by atoms with E-state index in [-0.39, 0.29) is 34.9 Å². The Bertz CT molecular complexity index is 997. The highest BCUT2D eigenvalue weighted by Gasteiger charge is 2.19. The van der Waals surface area contributed by atoms with Crippen molar-refractivity contribution in [2.45, 2.75) is 0 Å². The van der Waals surface area contributed by atoms with Gasteiger partial charge in [0.2, 0.25) is 5.75 Å². The maximum Gasteiger partial charge on any atom is 0.325 e. The van der Waals surface area contributed by atoms with Crippen molar-refractivity contribution in [3.8, 4) is 17.2 Å². The van der Waals surface area contributed by atoms with E-state index in [1.165, 1.54) is 45.6 Å². The summed E-state index contributed by atoms with van der Waals surface area (Å²) < 4.78 is 20.3. The second-order valence-corrected chi connectivity index (χ2v) is 6.26. The molecule has 11 heteroatoms. The molecule has 11 nitrogen and oxygen atoms in total. The number of carbonyl (C=O) groups excluding carboxylic acids is 4. The quantitative estimate of drug-likeness (QED) is 0.452. The van der Waals surface area contributed by atoms with Crippen LogP contribution in [0.2, 0.25) is 0 Å². The number of esters is 1. The summed E-state index contributed by atoms with van der Waals surface area (Å²) in [4.78, 5) is 47.1. The maximum atomic E-state index is 12.8. The Balaban J connectivity index is 2.21. The number of benzene rings is 2. The van der Waals surface area contributed by atoms with E-state index in [0.29, 0.717) is 5.69 Å². The van der Waals surface area contributed by atoms with Gasteiger partial charge in [0.15, 0.2) is 18.1 Å². The third kappa shape index (κ3) is 6.36. The van der Waals surface area contributed by atoms with E-state index in [2.05, 4.69) is 15.4 Å². The van der Waals surface area contributed by atoms with Crippen LogP contribution in [-0.2, 0) is 14.3 Å². The SMILES string of the molecule is COC(=O)CNC(=O)c1cccc(NC(=O)c2cc(OC)c(OCC(N)=O)c(OC)c2)c1. The molecule has 0 bridgehead atoms. The molecule has 0 unspecified atom stereocenters. The van der Waals surface area contributed by atoms with Gasteiger partial charge in [-0.1, -0.05) is 6.07 Å². The molecule has 2 aromatic rings. The smallest absolute Gasteiger partial charge is 0.325 e. The van der Waals surface area contributed by atoms with Crippen LogP contribution >= 0.6 is 0 Å². The van der Waals surface area contributed by atoms with Crippen LogP contribution in [0.25, 0.3) is 0 Å². The van der Waals surface area contributed by atoms with Crippen LogP contribution in [0, 0.1) is 0 Å². The van der Waals surface area contributed by atoms with E-state index >= 15 is 0 Å². The van der Waals surface area contributed by atoms with E-state index in [1.807, 2.05) is 0 Å². The van der Waals surface area contributed by atoms with Crippen LogP contribution in [0.4, 0.5) is 5.69 Å². The first-order valence-corrected chi connectivity index (χ1v) is 9.22. The fraction of sp³-hybridized carbons (Fsp3) is 0.238. The van der Waals surface area contributed by atoms with Crippen LogP contribution in [0.5, 0.6) is 17.2 Å². The Morgan fingerprint density at radius 1 is 0.906 bits per heavy atom. The Kier molecular flexibility index (Phi) is 8.40. The van der Waals surface area contributed by atoms with Gasteiger partial charge in [0.25, 0.3) is 17.7 Å². The van der Waals surface area contributed by atoms with Gasteiger partial charge in [-0.3, -0.25) is 19.2 Å². The molecule has 2 rings (SSSR count). The van der Waals surface area contributed by atoms with Crippen LogP contribution in [0.3, 0.4) is 0 Å². The molecule has 0 aliphatic rings. The van der Waals surface area contributed by atoms with Gasteiger partial charge in [-0.05, 0) is 30.3 Å². The summed E-state index contributed by atoms with van der Waals surface area (Å²) in [5, 5.41) is 5.08. The number of carbonyl (C=O) groups is 4. The predicted molar refractivity (Wildman–Crippen MR) is 113 cm³/mol. The van der Waals surface area contributed by atoms with Gasteiger partial charge >= 0.3 is 5.97 Å². The van der Waals surface area contributed by atoms with Gasteiger partial charge in [0, 0.05) is 16.8 Å². The van der Waals surface area contributed by atoms with Crippen molar-refractivity contribution < 1.29 is 38.1 Å². The van der Waals surface area contributed by atoms with Crippen molar-refractivity contribution in [1.82, 2.24) is 5.32 Å². The number of nitrogens with one attached hydrogen (secondary N) is 2. The van der Waals surface area contributed by atoms with Crippen molar-refractivity contribution in [1.29, 1.82) is 0 Å². The number of anilines is 1. The Hall–Kier alpha value is -4.28. The largest absolute Gasteiger partial charge is 0.493 e. The molecule has 0 heterocycles. The average molecular weight is 445 g/mol. The molecule has 0 saturated carbocycles. The molecule has 0 aliphatic heterocycles. The number of rotatable bonds is 10. The fourth-order valence-corrected chi connectivity index (χ4v) is 2.56. The zero-order valence-electron chi connectivity index (χ0n) is 17.7. The van der Waals surface area contributed by atoms with E-state index in [9.17, 15) is 19.2 Å². The van der Waals surface area contributed by atoms with E-state index in [4.69, 9.17) is 19.9 Å². The van der Waals surface area contributed by atoms with Crippen LogP contribution < -0.4 is 30.6 Å². The normalized spacial score (nSPS) is 9.97. The van der Waals surface area contributed by atoms with Crippen molar-refractivity contribution in [2.24, 2.45) is 5.73 Å². The molecule has 4 N–H and O–H groups in total. The van der Waals surface area contributed by atoms with Crippen LogP contribution in [0.1, 0.15) is 20.7 Å². The molecule has 0 spiro atoms. The highest BCUT2D eigenvalue weighted by Crippen LogP contribution is 2.38. The van der Waals surface area contributed by atoms with E-state index in [1.54, 1.807) is 12.1 Å². The summed E-state index contributed by atoms with van der Waals surface area (Å²) >= 11 is 0.